The van der Waals surface area contributed by atoms with Crippen molar-refractivity contribution in [3.63, 3.8) is 0 Å². The molecule has 0 spiro atoms. The fraction of sp³-hybridized carbons (Fsp3) is 1.00. The number of nitrogens with zero attached hydrogens (tertiary/aromatic N) is 3. The summed E-state index contributed by atoms with van der Waals surface area (Å²) in [6.45, 7) is 6.68. The normalized spacial score (nSPS) is 12.2. The van der Waals surface area contributed by atoms with Gasteiger partial charge in [-0.3, -0.25) is 0 Å². The van der Waals surface area contributed by atoms with Crippen molar-refractivity contribution in [1.82, 2.24) is 14.7 Å². The standard InChI is InChI=1S/C18H41N3O3/c1-19(2)10-7-13-22-16-18(24-15-9-12-21(5)6)17-23-14-8-11-20(3)4/h18H,7-17H2,1-6H3. The Hall–Kier alpha value is -0.240. The summed E-state index contributed by atoms with van der Waals surface area (Å²) < 4.78 is 17.5. The number of ether oxygens (including phenoxy) is 3. The van der Waals surface area contributed by atoms with Gasteiger partial charge < -0.3 is 28.9 Å². The molecule has 0 amide bonds. The lowest BCUT2D eigenvalue weighted by Crippen LogP contribution is -2.28. The van der Waals surface area contributed by atoms with E-state index in [2.05, 4.69) is 57.0 Å². The largest absolute Gasteiger partial charge is 0.379 e. The van der Waals surface area contributed by atoms with E-state index < -0.39 is 0 Å². The first kappa shape index (κ1) is 23.8. The predicted octanol–water partition coefficient (Wildman–Crippen LogP) is 1.26. The van der Waals surface area contributed by atoms with Gasteiger partial charge in [0.2, 0.25) is 0 Å². The molecule has 0 saturated carbocycles. The third-order valence-corrected chi connectivity index (χ3v) is 3.50. The molecule has 0 heterocycles. The Balaban J connectivity index is 3.86. The van der Waals surface area contributed by atoms with Crippen molar-refractivity contribution in [3.8, 4) is 0 Å². The Morgan fingerprint density at radius 1 is 0.583 bits per heavy atom. The first-order valence-corrected chi connectivity index (χ1v) is 9.13. The molecule has 0 aromatic rings. The van der Waals surface area contributed by atoms with Crippen LogP contribution in [-0.4, -0.2) is 116 Å². The molecular weight excluding hydrogens is 306 g/mol. The first-order valence-electron chi connectivity index (χ1n) is 9.13. The molecule has 0 aliphatic carbocycles. The van der Waals surface area contributed by atoms with Crippen molar-refractivity contribution >= 4 is 0 Å². The summed E-state index contributed by atoms with van der Waals surface area (Å²) in [7, 11) is 12.5. The minimum Gasteiger partial charge on any atom is -0.379 e. The molecule has 0 aromatic carbocycles. The van der Waals surface area contributed by atoms with E-state index in [4.69, 9.17) is 14.2 Å². The highest BCUT2D eigenvalue weighted by atomic mass is 16.6. The van der Waals surface area contributed by atoms with Gasteiger partial charge in [-0.25, -0.2) is 0 Å². The zero-order valence-corrected chi connectivity index (χ0v) is 16.9. The van der Waals surface area contributed by atoms with Gasteiger partial charge >= 0.3 is 0 Å². The summed E-state index contributed by atoms with van der Waals surface area (Å²) >= 11 is 0. The van der Waals surface area contributed by atoms with Gasteiger partial charge in [0.05, 0.1) is 13.2 Å². The lowest BCUT2D eigenvalue weighted by atomic mass is 10.3. The first-order chi connectivity index (χ1) is 11.4. The summed E-state index contributed by atoms with van der Waals surface area (Å²) in [6.07, 6.45) is 3.16. The van der Waals surface area contributed by atoms with E-state index in [1.165, 1.54) is 0 Å². The van der Waals surface area contributed by atoms with Crippen LogP contribution in [-0.2, 0) is 14.2 Å². The average Bonchev–Trinajstić information content (AvgIpc) is 2.49. The van der Waals surface area contributed by atoms with Gasteiger partial charge in [-0.1, -0.05) is 0 Å². The van der Waals surface area contributed by atoms with Crippen LogP contribution in [0.25, 0.3) is 0 Å². The lowest BCUT2D eigenvalue weighted by molar-refractivity contribution is -0.0622. The smallest absolute Gasteiger partial charge is 0.104 e. The molecule has 0 aliphatic heterocycles. The molecule has 0 aromatic heterocycles. The molecule has 6 nitrogen and oxygen atoms in total. The molecule has 146 valence electrons. The van der Waals surface area contributed by atoms with Crippen LogP contribution in [0.2, 0.25) is 0 Å². The van der Waals surface area contributed by atoms with Crippen molar-refractivity contribution in [2.24, 2.45) is 0 Å². The minimum atomic E-state index is 0.0332. The highest BCUT2D eigenvalue weighted by Crippen LogP contribution is 2.00. The van der Waals surface area contributed by atoms with Crippen LogP contribution in [0.5, 0.6) is 0 Å². The van der Waals surface area contributed by atoms with Crippen LogP contribution >= 0.6 is 0 Å². The molecule has 0 bridgehead atoms. The monoisotopic (exact) mass is 347 g/mol. The molecule has 0 fully saturated rings. The molecule has 0 aliphatic rings. The average molecular weight is 348 g/mol. The maximum absolute atomic E-state index is 5.95. The Labute approximate surface area is 150 Å². The Morgan fingerprint density at radius 2 is 0.958 bits per heavy atom. The number of hydrogen-bond donors (Lipinski definition) is 0. The zero-order chi connectivity index (χ0) is 18.2. The van der Waals surface area contributed by atoms with Crippen LogP contribution in [0.1, 0.15) is 19.3 Å². The van der Waals surface area contributed by atoms with Crippen LogP contribution < -0.4 is 0 Å². The molecule has 0 rings (SSSR count). The van der Waals surface area contributed by atoms with E-state index in [0.29, 0.717) is 13.2 Å². The summed E-state index contributed by atoms with van der Waals surface area (Å²) in [4.78, 5) is 6.52. The van der Waals surface area contributed by atoms with Gasteiger partial charge in [0, 0.05) is 19.8 Å². The third-order valence-electron chi connectivity index (χ3n) is 3.50. The second-order valence-electron chi connectivity index (χ2n) is 7.11. The summed E-state index contributed by atoms with van der Waals surface area (Å²) in [5.74, 6) is 0. The van der Waals surface area contributed by atoms with Crippen LogP contribution in [0, 0.1) is 0 Å². The van der Waals surface area contributed by atoms with Gasteiger partial charge in [0.25, 0.3) is 0 Å². The minimum absolute atomic E-state index is 0.0332. The van der Waals surface area contributed by atoms with E-state index in [1.807, 2.05) is 0 Å². The van der Waals surface area contributed by atoms with Crippen molar-refractivity contribution in [2.45, 2.75) is 25.4 Å². The highest BCUT2D eigenvalue weighted by Gasteiger charge is 2.10. The molecule has 0 N–H and O–H groups in total. The molecule has 24 heavy (non-hydrogen) atoms. The summed E-state index contributed by atoms with van der Waals surface area (Å²) in [6, 6.07) is 0. The van der Waals surface area contributed by atoms with Crippen molar-refractivity contribution in [3.05, 3.63) is 0 Å². The fourth-order valence-electron chi connectivity index (χ4n) is 2.17. The van der Waals surface area contributed by atoms with Crippen LogP contribution in [0.4, 0.5) is 0 Å². The molecule has 0 atom stereocenters. The second kappa shape index (κ2) is 16.2. The summed E-state index contributed by atoms with van der Waals surface area (Å²) in [5, 5.41) is 0. The Bertz CT molecular complexity index is 246. The lowest BCUT2D eigenvalue weighted by Gasteiger charge is -2.19. The maximum atomic E-state index is 5.95. The zero-order valence-electron chi connectivity index (χ0n) is 16.9. The quantitative estimate of drug-likeness (QED) is 0.369. The molecule has 0 unspecified atom stereocenters. The van der Waals surface area contributed by atoms with Crippen molar-refractivity contribution in [1.29, 1.82) is 0 Å². The van der Waals surface area contributed by atoms with Gasteiger partial charge in [0.15, 0.2) is 0 Å². The molecular formula is C18H41N3O3. The van der Waals surface area contributed by atoms with Gasteiger partial charge in [-0.2, -0.15) is 0 Å². The topological polar surface area (TPSA) is 37.4 Å². The van der Waals surface area contributed by atoms with Crippen molar-refractivity contribution in [2.75, 3.05) is 95.0 Å². The highest BCUT2D eigenvalue weighted by molar-refractivity contribution is 4.57. The van der Waals surface area contributed by atoms with E-state index >= 15 is 0 Å². The van der Waals surface area contributed by atoms with E-state index in [-0.39, 0.29) is 6.10 Å². The van der Waals surface area contributed by atoms with Crippen LogP contribution in [0.15, 0.2) is 0 Å². The van der Waals surface area contributed by atoms with Crippen LogP contribution in [0.3, 0.4) is 0 Å². The van der Waals surface area contributed by atoms with E-state index in [9.17, 15) is 0 Å². The second-order valence-corrected chi connectivity index (χ2v) is 7.11. The van der Waals surface area contributed by atoms with Gasteiger partial charge in [0.1, 0.15) is 6.10 Å². The molecule has 0 radical (unpaired) electrons. The van der Waals surface area contributed by atoms with Gasteiger partial charge in [-0.15, -0.1) is 0 Å². The predicted molar refractivity (Wildman–Crippen MR) is 101 cm³/mol. The Kier molecular flexibility index (Phi) is 16.1. The fourth-order valence-corrected chi connectivity index (χ4v) is 2.17. The van der Waals surface area contributed by atoms with Crippen molar-refractivity contribution < 1.29 is 14.2 Å². The van der Waals surface area contributed by atoms with Gasteiger partial charge in [-0.05, 0) is 81.2 Å². The Morgan fingerprint density at radius 3 is 1.33 bits per heavy atom. The third kappa shape index (κ3) is 18.1. The van der Waals surface area contributed by atoms with E-state index in [0.717, 1.165) is 58.7 Å². The molecule has 6 heteroatoms. The SMILES string of the molecule is CN(C)CCCOCC(COCCCN(C)C)OCCCN(C)C. The summed E-state index contributed by atoms with van der Waals surface area (Å²) in [5.41, 5.74) is 0. The van der Waals surface area contributed by atoms with E-state index in [1.54, 1.807) is 0 Å². The molecule has 0 saturated heterocycles. The maximum Gasteiger partial charge on any atom is 0.104 e. The number of hydrogen-bond acceptors (Lipinski definition) is 6. The number of rotatable bonds is 17.